The summed E-state index contributed by atoms with van der Waals surface area (Å²) in [6.45, 7) is 0.0298. The maximum atomic E-state index is 9.13. The summed E-state index contributed by atoms with van der Waals surface area (Å²) < 4.78 is 1.69. The van der Waals surface area contributed by atoms with Crippen molar-refractivity contribution >= 4 is 5.65 Å². The van der Waals surface area contributed by atoms with Crippen LogP contribution >= 0.6 is 0 Å². The van der Waals surface area contributed by atoms with Crippen LogP contribution in [0.1, 0.15) is 5.56 Å². The first-order valence-electron chi connectivity index (χ1n) is 7.19. The highest BCUT2D eigenvalue weighted by atomic mass is 16.3. The lowest BCUT2D eigenvalue weighted by Crippen LogP contribution is -1.98. The summed E-state index contributed by atoms with van der Waals surface area (Å²) in [6.07, 6.45) is 1.72. The van der Waals surface area contributed by atoms with E-state index in [-0.39, 0.29) is 6.61 Å². The Balaban J connectivity index is 1.83. The first-order chi connectivity index (χ1) is 11.3. The van der Waals surface area contributed by atoms with Crippen molar-refractivity contribution in [1.82, 2.24) is 24.8 Å². The summed E-state index contributed by atoms with van der Waals surface area (Å²) in [6, 6.07) is 17.0. The van der Waals surface area contributed by atoms with Gasteiger partial charge in [-0.2, -0.15) is 9.61 Å². The van der Waals surface area contributed by atoms with Crippen LogP contribution < -0.4 is 0 Å². The van der Waals surface area contributed by atoms with Gasteiger partial charge in [-0.25, -0.2) is 0 Å². The molecule has 6 nitrogen and oxygen atoms in total. The number of hydrogen-bond donors (Lipinski definition) is 1. The Bertz CT molecular complexity index is 948. The maximum absolute atomic E-state index is 9.13. The van der Waals surface area contributed by atoms with E-state index in [4.69, 9.17) is 5.11 Å². The topological polar surface area (TPSA) is 76.2 Å². The third-order valence-corrected chi connectivity index (χ3v) is 3.59. The van der Waals surface area contributed by atoms with Gasteiger partial charge in [-0.1, -0.05) is 30.3 Å². The van der Waals surface area contributed by atoms with Crippen molar-refractivity contribution in [3.05, 3.63) is 66.4 Å². The second-order valence-electron chi connectivity index (χ2n) is 5.08. The van der Waals surface area contributed by atoms with Crippen molar-refractivity contribution in [3.8, 4) is 22.8 Å². The molecule has 112 valence electrons. The number of benzene rings is 1. The van der Waals surface area contributed by atoms with E-state index in [1.54, 1.807) is 10.7 Å². The van der Waals surface area contributed by atoms with Crippen LogP contribution in [0.25, 0.3) is 28.4 Å². The molecule has 0 amide bonds. The number of pyridine rings is 1. The Kier molecular flexibility index (Phi) is 3.29. The van der Waals surface area contributed by atoms with Gasteiger partial charge in [-0.15, -0.1) is 10.2 Å². The molecule has 6 heteroatoms. The van der Waals surface area contributed by atoms with Gasteiger partial charge >= 0.3 is 0 Å². The van der Waals surface area contributed by atoms with Gasteiger partial charge in [-0.3, -0.25) is 4.98 Å². The number of fused-ring (bicyclic) bond motifs is 1. The summed E-state index contributed by atoms with van der Waals surface area (Å²) in [5.74, 6) is 0.606. The van der Waals surface area contributed by atoms with Gasteiger partial charge in [0.05, 0.1) is 12.3 Å². The second kappa shape index (κ2) is 5.58. The van der Waals surface area contributed by atoms with Crippen molar-refractivity contribution in [3.63, 3.8) is 0 Å². The average Bonchev–Trinajstić information content (AvgIpc) is 3.05. The maximum Gasteiger partial charge on any atom is 0.203 e. The second-order valence-corrected chi connectivity index (χ2v) is 5.08. The summed E-state index contributed by atoms with van der Waals surface area (Å²) in [5, 5.41) is 22.1. The number of aliphatic hydroxyl groups excluding tert-OH is 1. The number of aliphatic hydroxyl groups is 1. The fourth-order valence-corrected chi connectivity index (χ4v) is 2.38. The first-order valence-corrected chi connectivity index (χ1v) is 7.19. The zero-order chi connectivity index (χ0) is 15.6. The summed E-state index contributed by atoms with van der Waals surface area (Å²) in [4.78, 5) is 4.31. The molecule has 3 heterocycles. The monoisotopic (exact) mass is 303 g/mol. The van der Waals surface area contributed by atoms with Crippen LogP contribution in [0.15, 0.2) is 60.8 Å². The van der Waals surface area contributed by atoms with E-state index in [2.05, 4.69) is 20.3 Å². The van der Waals surface area contributed by atoms with E-state index in [1.165, 1.54) is 0 Å². The Hall–Kier alpha value is -3.12. The molecule has 0 aliphatic carbocycles. The van der Waals surface area contributed by atoms with E-state index in [1.807, 2.05) is 54.6 Å². The molecule has 0 aliphatic heterocycles. The molecule has 0 fully saturated rings. The van der Waals surface area contributed by atoms with E-state index < -0.39 is 0 Å². The Labute approximate surface area is 132 Å². The normalized spacial score (nSPS) is 11.0. The Morgan fingerprint density at radius 2 is 1.74 bits per heavy atom. The third-order valence-electron chi connectivity index (χ3n) is 3.59. The molecule has 0 aliphatic rings. The van der Waals surface area contributed by atoms with Gasteiger partial charge < -0.3 is 5.11 Å². The highest BCUT2D eigenvalue weighted by Gasteiger charge is 2.11. The largest absolute Gasteiger partial charge is 0.392 e. The summed E-state index contributed by atoms with van der Waals surface area (Å²) >= 11 is 0. The molecular formula is C17H13N5O. The molecule has 4 rings (SSSR count). The minimum atomic E-state index is 0.0298. The molecule has 23 heavy (non-hydrogen) atoms. The molecule has 4 aromatic rings. The lowest BCUT2D eigenvalue weighted by molar-refractivity contribution is 0.282. The standard InChI is InChI=1S/C17H13N5O/c23-11-12-4-6-13(7-5-12)14-8-9-16-19-20-17(22(16)21-14)15-3-1-2-10-18-15/h1-10,23H,11H2. The minimum absolute atomic E-state index is 0.0298. The van der Waals surface area contributed by atoms with Crippen molar-refractivity contribution in [2.45, 2.75) is 6.61 Å². The van der Waals surface area contributed by atoms with Crippen LogP contribution in [0.2, 0.25) is 0 Å². The van der Waals surface area contributed by atoms with E-state index in [0.29, 0.717) is 11.5 Å². The minimum Gasteiger partial charge on any atom is -0.392 e. The van der Waals surface area contributed by atoms with Gasteiger partial charge in [0, 0.05) is 11.8 Å². The van der Waals surface area contributed by atoms with Crippen LogP contribution in [0.5, 0.6) is 0 Å². The molecule has 0 spiro atoms. The molecule has 0 atom stereocenters. The molecule has 0 unspecified atom stereocenters. The number of nitrogens with zero attached hydrogens (tertiary/aromatic N) is 5. The van der Waals surface area contributed by atoms with Crippen molar-refractivity contribution in [2.75, 3.05) is 0 Å². The Morgan fingerprint density at radius 3 is 2.48 bits per heavy atom. The number of aromatic nitrogens is 5. The highest BCUT2D eigenvalue weighted by Crippen LogP contribution is 2.20. The predicted molar refractivity (Wildman–Crippen MR) is 85.4 cm³/mol. The molecule has 0 saturated carbocycles. The molecule has 0 saturated heterocycles. The molecule has 0 bridgehead atoms. The van der Waals surface area contributed by atoms with E-state index in [0.717, 1.165) is 22.5 Å². The fraction of sp³-hybridized carbons (Fsp3) is 0.0588. The zero-order valence-corrected chi connectivity index (χ0v) is 12.2. The van der Waals surface area contributed by atoms with Crippen LogP contribution in [0, 0.1) is 0 Å². The van der Waals surface area contributed by atoms with Gasteiger partial charge in [-0.05, 0) is 29.8 Å². The molecular weight excluding hydrogens is 290 g/mol. The number of hydrogen-bond acceptors (Lipinski definition) is 5. The Morgan fingerprint density at radius 1 is 0.870 bits per heavy atom. The third kappa shape index (κ3) is 2.45. The van der Waals surface area contributed by atoms with Crippen LogP contribution in [0.3, 0.4) is 0 Å². The summed E-state index contributed by atoms with van der Waals surface area (Å²) in [7, 11) is 0. The zero-order valence-electron chi connectivity index (χ0n) is 12.2. The number of rotatable bonds is 3. The van der Waals surface area contributed by atoms with Gasteiger partial charge in [0.2, 0.25) is 5.82 Å². The van der Waals surface area contributed by atoms with Crippen LogP contribution in [0.4, 0.5) is 0 Å². The molecule has 0 radical (unpaired) electrons. The first kappa shape index (κ1) is 13.5. The van der Waals surface area contributed by atoms with Gasteiger partial charge in [0.25, 0.3) is 0 Å². The quantitative estimate of drug-likeness (QED) is 0.628. The van der Waals surface area contributed by atoms with Crippen LogP contribution in [-0.4, -0.2) is 29.9 Å². The lowest BCUT2D eigenvalue weighted by atomic mass is 10.1. The van der Waals surface area contributed by atoms with Crippen molar-refractivity contribution < 1.29 is 5.11 Å². The van der Waals surface area contributed by atoms with Gasteiger partial charge in [0.15, 0.2) is 5.65 Å². The van der Waals surface area contributed by atoms with E-state index in [9.17, 15) is 0 Å². The van der Waals surface area contributed by atoms with Crippen LogP contribution in [-0.2, 0) is 6.61 Å². The van der Waals surface area contributed by atoms with Crippen molar-refractivity contribution in [2.24, 2.45) is 0 Å². The highest BCUT2D eigenvalue weighted by molar-refractivity contribution is 5.62. The predicted octanol–water partition coefficient (Wildman–Crippen LogP) is 2.35. The van der Waals surface area contributed by atoms with Gasteiger partial charge in [0.1, 0.15) is 5.69 Å². The molecule has 1 aromatic carbocycles. The molecule has 1 N–H and O–H groups in total. The van der Waals surface area contributed by atoms with Crippen molar-refractivity contribution in [1.29, 1.82) is 0 Å². The molecule has 3 aromatic heterocycles. The fourth-order valence-electron chi connectivity index (χ4n) is 2.38. The lowest BCUT2D eigenvalue weighted by Gasteiger charge is -2.04. The smallest absolute Gasteiger partial charge is 0.203 e. The average molecular weight is 303 g/mol. The summed E-state index contributed by atoms with van der Waals surface area (Å²) in [5.41, 5.74) is 4.03. The SMILES string of the molecule is OCc1ccc(-c2ccc3nnc(-c4ccccn4)n3n2)cc1. The van der Waals surface area contributed by atoms with E-state index >= 15 is 0 Å².